The molecule has 256 valence electrons. The molecule has 5 heteroatoms. The average Bonchev–Trinajstić information content (AvgIpc) is 3.03. The van der Waals surface area contributed by atoms with Crippen molar-refractivity contribution in [1.29, 1.82) is 0 Å². The van der Waals surface area contributed by atoms with Crippen molar-refractivity contribution in [2.75, 3.05) is 6.61 Å². The van der Waals surface area contributed by atoms with E-state index in [0.29, 0.717) is 12.8 Å². The quantitative estimate of drug-likeness (QED) is 0.0447. The predicted molar refractivity (Wildman–Crippen MR) is 190 cm³/mol. The lowest BCUT2D eigenvalue weighted by molar-refractivity contribution is -0.124. The monoisotopic (exact) mass is 618 g/mol. The minimum absolute atomic E-state index is 0.228. The first kappa shape index (κ1) is 42.3. The summed E-state index contributed by atoms with van der Waals surface area (Å²) in [7, 11) is 0. The fourth-order valence-corrected chi connectivity index (χ4v) is 5.23. The van der Waals surface area contributed by atoms with E-state index >= 15 is 0 Å². The molecular formula is C39H71NO4. The van der Waals surface area contributed by atoms with Gasteiger partial charge in [-0.3, -0.25) is 4.79 Å². The van der Waals surface area contributed by atoms with E-state index in [1.807, 2.05) is 6.08 Å². The number of carbonyl (C=O) groups is 1. The van der Waals surface area contributed by atoms with Gasteiger partial charge in [-0.15, -0.1) is 0 Å². The lowest BCUT2D eigenvalue weighted by Gasteiger charge is -2.26. The fourth-order valence-electron chi connectivity index (χ4n) is 5.23. The second-order valence-corrected chi connectivity index (χ2v) is 12.4. The van der Waals surface area contributed by atoms with Gasteiger partial charge in [0.25, 0.3) is 0 Å². The number of rotatable bonds is 32. The summed E-state index contributed by atoms with van der Waals surface area (Å²) in [6.07, 6.45) is 42.1. The molecule has 0 saturated carbocycles. The van der Waals surface area contributed by atoms with Crippen LogP contribution in [0.3, 0.4) is 0 Å². The molecule has 4 N–H and O–H groups in total. The summed E-state index contributed by atoms with van der Waals surface area (Å²) in [5.74, 6) is -0.228. The summed E-state index contributed by atoms with van der Waals surface area (Å²) in [6.45, 7) is 4.10. The Balaban J connectivity index is 3.86. The highest BCUT2D eigenvalue weighted by atomic mass is 16.3. The van der Waals surface area contributed by atoms with Crippen molar-refractivity contribution in [1.82, 2.24) is 5.32 Å². The highest BCUT2D eigenvalue weighted by Crippen LogP contribution is 2.12. The number of nitrogens with one attached hydrogen (secondary N) is 1. The molecule has 44 heavy (non-hydrogen) atoms. The molecule has 3 atom stereocenters. The summed E-state index contributed by atoms with van der Waals surface area (Å²) < 4.78 is 0. The van der Waals surface area contributed by atoms with Crippen LogP contribution >= 0.6 is 0 Å². The van der Waals surface area contributed by atoms with Gasteiger partial charge < -0.3 is 20.6 Å². The van der Waals surface area contributed by atoms with Gasteiger partial charge in [-0.05, 0) is 70.6 Å². The molecule has 0 bridgehead atoms. The van der Waals surface area contributed by atoms with E-state index in [1.54, 1.807) is 0 Å². The molecule has 0 aromatic heterocycles. The third kappa shape index (κ3) is 29.0. The van der Waals surface area contributed by atoms with E-state index in [-0.39, 0.29) is 12.3 Å². The summed E-state index contributed by atoms with van der Waals surface area (Å²) >= 11 is 0. The van der Waals surface area contributed by atoms with Gasteiger partial charge in [0.2, 0.25) is 5.91 Å². The third-order valence-electron chi connectivity index (χ3n) is 8.15. The van der Waals surface area contributed by atoms with Crippen LogP contribution in [-0.4, -0.2) is 46.1 Å². The molecule has 0 aliphatic carbocycles. The van der Waals surface area contributed by atoms with Crippen molar-refractivity contribution in [3.8, 4) is 0 Å². The fraction of sp³-hybridized carbons (Fsp3) is 0.769. The van der Waals surface area contributed by atoms with E-state index in [9.17, 15) is 20.1 Å². The minimum atomic E-state index is -1.19. The predicted octanol–water partition coefficient (Wildman–Crippen LogP) is 9.81. The van der Waals surface area contributed by atoms with Gasteiger partial charge in [0.1, 0.15) is 6.10 Å². The van der Waals surface area contributed by atoms with Crippen molar-refractivity contribution in [3.05, 3.63) is 48.6 Å². The highest BCUT2D eigenvalue weighted by Gasteiger charge is 2.26. The number of hydrogen-bond acceptors (Lipinski definition) is 4. The first-order valence-corrected chi connectivity index (χ1v) is 18.4. The number of hydrogen-bond donors (Lipinski definition) is 4. The molecule has 0 aliphatic heterocycles. The molecule has 0 radical (unpaired) electrons. The Bertz CT molecular complexity index is 730. The molecule has 5 nitrogen and oxygen atoms in total. The van der Waals surface area contributed by atoms with Gasteiger partial charge in [-0.2, -0.15) is 0 Å². The SMILES string of the molecule is CCCCCCCC/C=C\C/C=C\CCC(=O)NC(CO)C(O)C(O)CCC/C=C/CC/C=C/CCCCCCCCCC. The van der Waals surface area contributed by atoms with Crippen LogP contribution in [0.15, 0.2) is 48.6 Å². The first-order chi connectivity index (χ1) is 21.6. The van der Waals surface area contributed by atoms with Crippen LogP contribution in [0.2, 0.25) is 0 Å². The van der Waals surface area contributed by atoms with Crippen molar-refractivity contribution < 1.29 is 20.1 Å². The van der Waals surface area contributed by atoms with Crippen LogP contribution in [0, 0.1) is 0 Å². The second-order valence-electron chi connectivity index (χ2n) is 12.4. The van der Waals surface area contributed by atoms with E-state index in [2.05, 4.69) is 61.7 Å². The number of carbonyl (C=O) groups excluding carboxylic acids is 1. The molecule has 0 fully saturated rings. The molecule has 0 spiro atoms. The van der Waals surface area contributed by atoms with Crippen LogP contribution in [0.25, 0.3) is 0 Å². The Hall–Kier alpha value is -1.69. The van der Waals surface area contributed by atoms with Gasteiger partial charge in [0.05, 0.1) is 18.8 Å². The van der Waals surface area contributed by atoms with Gasteiger partial charge >= 0.3 is 0 Å². The molecule has 0 saturated heterocycles. The number of amides is 1. The van der Waals surface area contributed by atoms with Gasteiger partial charge in [-0.25, -0.2) is 0 Å². The standard InChI is InChI=1S/C39H71NO4/c1-3-5-7-9-11-13-15-17-18-19-20-22-23-25-27-29-31-33-37(42)39(44)36(35-41)40-38(43)34-32-30-28-26-24-21-16-14-12-10-8-6-4-2/h19-21,24-25,27-28,30,36-37,39,41-42,44H,3-18,22-23,26,29,31-35H2,1-2H3,(H,40,43)/b20-19+,24-21-,27-25+,30-28-. The maximum atomic E-state index is 12.3. The molecule has 0 aromatic carbocycles. The molecule has 0 aromatic rings. The Kier molecular flexibility index (Phi) is 32.9. The number of allylic oxidation sites excluding steroid dienone is 8. The first-order valence-electron chi connectivity index (χ1n) is 18.4. The number of aliphatic hydroxyl groups excluding tert-OH is 3. The minimum Gasteiger partial charge on any atom is -0.394 e. The smallest absolute Gasteiger partial charge is 0.220 e. The van der Waals surface area contributed by atoms with Crippen molar-refractivity contribution in [2.45, 2.75) is 186 Å². The Labute approximate surface area is 272 Å². The van der Waals surface area contributed by atoms with E-state index in [1.165, 1.54) is 96.3 Å². The zero-order valence-corrected chi connectivity index (χ0v) is 28.8. The molecule has 0 heterocycles. The highest BCUT2D eigenvalue weighted by molar-refractivity contribution is 5.76. The summed E-state index contributed by atoms with van der Waals surface area (Å²) in [5, 5.41) is 33.2. The Morgan fingerprint density at radius 2 is 1.00 bits per heavy atom. The molecule has 3 unspecified atom stereocenters. The maximum absolute atomic E-state index is 12.3. The molecule has 1 amide bonds. The van der Waals surface area contributed by atoms with E-state index in [0.717, 1.165) is 38.5 Å². The number of unbranched alkanes of at least 4 members (excludes halogenated alkanes) is 16. The van der Waals surface area contributed by atoms with Gasteiger partial charge in [-0.1, -0.05) is 140 Å². The molecule has 0 aliphatic rings. The lowest BCUT2D eigenvalue weighted by Crippen LogP contribution is -2.50. The van der Waals surface area contributed by atoms with Crippen molar-refractivity contribution in [3.63, 3.8) is 0 Å². The molecule has 0 rings (SSSR count). The average molecular weight is 618 g/mol. The van der Waals surface area contributed by atoms with Crippen LogP contribution in [0.1, 0.15) is 168 Å². The maximum Gasteiger partial charge on any atom is 0.220 e. The summed E-state index contributed by atoms with van der Waals surface area (Å²) in [6, 6.07) is -0.862. The zero-order chi connectivity index (χ0) is 32.4. The Morgan fingerprint density at radius 1 is 0.568 bits per heavy atom. The van der Waals surface area contributed by atoms with Gasteiger partial charge in [0, 0.05) is 6.42 Å². The zero-order valence-electron chi connectivity index (χ0n) is 28.8. The number of aliphatic hydroxyl groups is 3. The lowest BCUT2D eigenvalue weighted by atomic mass is 10.0. The normalized spacial score (nSPS) is 14.4. The third-order valence-corrected chi connectivity index (χ3v) is 8.15. The van der Waals surface area contributed by atoms with Crippen molar-refractivity contribution in [2.24, 2.45) is 0 Å². The van der Waals surface area contributed by atoms with Gasteiger partial charge in [0.15, 0.2) is 0 Å². The molecular weight excluding hydrogens is 546 g/mol. The second kappa shape index (κ2) is 34.2. The van der Waals surface area contributed by atoms with Crippen LogP contribution in [0.5, 0.6) is 0 Å². The van der Waals surface area contributed by atoms with Crippen LogP contribution in [-0.2, 0) is 4.79 Å². The van der Waals surface area contributed by atoms with Crippen LogP contribution < -0.4 is 5.32 Å². The topological polar surface area (TPSA) is 89.8 Å². The summed E-state index contributed by atoms with van der Waals surface area (Å²) in [4.78, 5) is 12.3. The van der Waals surface area contributed by atoms with E-state index in [4.69, 9.17) is 0 Å². The van der Waals surface area contributed by atoms with Crippen LogP contribution in [0.4, 0.5) is 0 Å². The largest absolute Gasteiger partial charge is 0.394 e. The van der Waals surface area contributed by atoms with Crippen molar-refractivity contribution >= 4 is 5.91 Å². The van der Waals surface area contributed by atoms with E-state index < -0.39 is 24.9 Å². The summed E-state index contributed by atoms with van der Waals surface area (Å²) in [5.41, 5.74) is 0. The Morgan fingerprint density at radius 3 is 1.52 bits per heavy atom.